The van der Waals surface area contributed by atoms with E-state index in [0.717, 1.165) is 12.8 Å². The predicted molar refractivity (Wildman–Crippen MR) is 56.0 cm³/mol. The molecule has 0 rings (SSSR count). The van der Waals surface area contributed by atoms with Gasteiger partial charge in [0.05, 0.1) is 25.9 Å². The molecule has 0 aliphatic carbocycles. The van der Waals surface area contributed by atoms with Crippen LogP contribution in [0.1, 0.15) is 33.6 Å². The van der Waals surface area contributed by atoms with E-state index in [1.165, 1.54) is 6.92 Å². The summed E-state index contributed by atoms with van der Waals surface area (Å²) in [6.07, 6.45) is 1.13. The Morgan fingerprint density at radius 3 is 1.29 bits per heavy atom. The van der Waals surface area contributed by atoms with Crippen molar-refractivity contribution in [2.75, 3.05) is 19.8 Å². The standard InChI is InChI=1S/C7H16O2.C3H8O2/c1-3-7(4-2,5-8)6-9;1-3(5)2-4/h8-9H,3-6H2,1-2H3;3-5H,2H2,1H3. The molecule has 1 unspecified atom stereocenters. The molecule has 88 valence electrons. The molecule has 0 heterocycles. The average Bonchev–Trinajstić information content (AvgIpc) is 2.23. The van der Waals surface area contributed by atoms with Gasteiger partial charge in [0.1, 0.15) is 0 Å². The molecule has 1 atom stereocenters. The first-order chi connectivity index (χ1) is 6.51. The monoisotopic (exact) mass is 208 g/mol. The Hall–Kier alpha value is -0.160. The first-order valence-corrected chi connectivity index (χ1v) is 5.02. The lowest BCUT2D eigenvalue weighted by molar-refractivity contribution is 0.0480. The van der Waals surface area contributed by atoms with Crippen LogP contribution in [0, 0.1) is 5.41 Å². The van der Waals surface area contributed by atoms with Crippen LogP contribution in [0.5, 0.6) is 0 Å². The molecule has 4 nitrogen and oxygen atoms in total. The van der Waals surface area contributed by atoms with Gasteiger partial charge in [0.2, 0.25) is 0 Å². The molecule has 0 aromatic carbocycles. The van der Waals surface area contributed by atoms with Gasteiger partial charge in [-0.25, -0.2) is 0 Å². The third-order valence-electron chi connectivity index (χ3n) is 2.44. The second-order valence-electron chi connectivity index (χ2n) is 3.55. The van der Waals surface area contributed by atoms with E-state index in [1.54, 1.807) is 0 Å². The maximum absolute atomic E-state index is 8.82. The Morgan fingerprint density at radius 1 is 1.00 bits per heavy atom. The van der Waals surface area contributed by atoms with E-state index in [4.69, 9.17) is 20.4 Å². The number of aliphatic hydroxyl groups excluding tert-OH is 4. The van der Waals surface area contributed by atoms with Crippen molar-refractivity contribution in [1.29, 1.82) is 0 Å². The second-order valence-corrected chi connectivity index (χ2v) is 3.55. The molecule has 4 heteroatoms. The minimum atomic E-state index is -0.560. The average molecular weight is 208 g/mol. The van der Waals surface area contributed by atoms with Gasteiger partial charge in [-0.1, -0.05) is 13.8 Å². The quantitative estimate of drug-likeness (QED) is 0.518. The lowest BCUT2D eigenvalue weighted by Crippen LogP contribution is -2.27. The van der Waals surface area contributed by atoms with E-state index >= 15 is 0 Å². The van der Waals surface area contributed by atoms with Crippen molar-refractivity contribution in [3.63, 3.8) is 0 Å². The van der Waals surface area contributed by atoms with E-state index in [-0.39, 0.29) is 25.2 Å². The van der Waals surface area contributed by atoms with Crippen molar-refractivity contribution < 1.29 is 20.4 Å². The van der Waals surface area contributed by atoms with Crippen molar-refractivity contribution in [3.05, 3.63) is 0 Å². The van der Waals surface area contributed by atoms with Crippen LogP contribution in [-0.2, 0) is 0 Å². The molecule has 0 saturated heterocycles. The third-order valence-corrected chi connectivity index (χ3v) is 2.44. The van der Waals surface area contributed by atoms with E-state index in [2.05, 4.69) is 0 Å². The summed E-state index contributed by atoms with van der Waals surface area (Å²) in [6.45, 7) is 5.54. The van der Waals surface area contributed by atoms with Gasteiger partial charge in [0, 0.05) is 5.41 Å². The minimum absolute atomic E-state index is 0.0938. The van der Waals surface area contributed by atoms with Crippen LogP contribution in [-0.4, -0.2) is 46.4 Å². The fraction of sp³-hybridized carbons (Fsp3) is 1.00. The van der Waals surface area contributed by atoms with E-state index < -0.39 is 6.10 Å². The third kappa shape index (κ3) is 7.26. The first-order valence-electron chi connectivity index (χ1n) is 5.02. The Morgan fingerprint density at radius 2 is 1.29 bits per heavy atom. The van der Waals surface area contributed by atoms with Gasteiger partial charge < -0.3 is 20.4 Å². The van der Waals surface area contributed by atoms with Crippen LogP contribution in [0.25, 0.3) is 0 Å². The topological polar surface area (TPSA) is 80.9 Å². The van der Waals surface area contributed by atoms with Crippen molar-refractivity contribution in [2.45, 2.75) is 39.7 Å². The van der Waals surface area contributed by atoms with Gasteiger partial charge >= 0.3 is 0 Å². The van der Waals surface area contributed by atoms with Crippen LogP contribution in [0.2, 0.25) is 0 Å². The summed E-state index contributed by atoms with van der Waals surface area (Å²) < 4.78 is 0. The van der Waals surface area contributed by atoms with Gasteiger partial charge in [0.15, 0.2) is 0 Å². The molecule has 0 spiro atoms. The summed E-state index contributed by atoms with van der Waals surface area (Å²) in [4.78, 5) is 0. The summed E-state index contributed by atoms with van der Waals surface area (Å²) in [5.74, 6) is 0. The molecule has 0 amide bonds. The van der Waals surface area contributed by atoms with E-state index in [0.29, 0.717) is 0 Å². The molecule has 0 aromatic rings. The Labute approximate surface area is 86.2 Å². The summed E-state index contributed by atoms with van der Waals surface area (Å²) in [6, 6.07) is 0. The minimum Gasteiger partial charge on any atom is -0.396 e. The summed E-state index contributed by atoms with van der Waals surface area (Å²) >= 11 is 0. The van der Waals surface area contributed by atoms with Crippen LogP contribution >= 0.6 is 0 Å². The fourth-order valence-electron chi connectivity index (χ4n) is 0.747. The maximum Gasteiger partial charge on any atom is 0.0742 e. The van der Waals surface area contributed by atoms with Crippen molar-refractivity contribution in [2.24, 2.45) is 5.41 Å². The van der Waals surface area contributed by atoms with E-state index in [9.17, 15) is 0 Å². The zero-order valence-electron chi connectivity index (χ0n) is 9.40. The van der Waals surface area contributed by atoms with E-state index in [1.807, 2.05) is 13.8 Å². The SMILES string of the molecule is CC(O)CO.CCC(CC)(CO)CO. The normalized spacial score (nSPS) is 13.1. The highest BCUT2D eigenvalue weighted by molar-refractivity contribution is 4.73. The van der Waals surface area contributed by atoms with Crippen molar-refractivity contribution in [3.8, 4) is 0 Å². The molecule has 0 aliphatic heterocycles. The molecule has 0 aromatic heterocycles. The zero-order valence-corrected chi connectivity index (χ0v) is 9.40. The number of hydrogen-bond acceptors (Lipinski definition) is 4. The number of rotatable bonds is 5. The number of aliphatic hydroxyl groups is 4. The van der Waals surface area contributed by atoms with Gasteiger partial charge in [-0.05, 0) is 19.8 Å². The molecule has 0 aliphatic rings. The molecule has 0 bridgehead atoms. The molecule has 0 saturated carbocycles. The fourth-order valence-corrected chi connectivity index (χ4v) is 0.747. The first kappa shape index (κ1) is 16.3. The van der Waals surface area contributed by atoms with Crippen molar-refractivity contribution in [1.82, 2.24) is 0 Å². The lowest BCUT2D eigenvalue weighted by atomic mass is 9.84. The maximum atomic E-state index is 8.82. The Bertz CT molecular complexity index is 93.2. The van der Waals surface area contributed by atoms with Crippen LogP contribution < -0.4 is 0 Å². The van der Waals surface area contributed by atoms with Crippen LogP contribution in [0.15, 0.2) is 0 Å². The number of hydrogen-bond donors (Lipinski definition) is 4. The highest BCUT2D eigenvalue weighted by atomic mass is 16.3. The lowest BCUT2D eigenvalue weighted by Gasteiger charge is -2.25. The highest BCUT2D eigenvalue weighted by Crippen LogP contribution is 2.23. The molecule has 0 fully saturated rings. The largest absolute Gasteiger partial charge is 0.396 e. The van der Waals surface area contributed by atoms with Gasteiger partial charge in [-0.15, -0.1) is 0 Å². The Balaban J connectivity index is 0. The van der Waals surface area contributed by atoms with Crippen LogP contribution in [0.4, 0.5) is 0 Å². The molecular formula is C10H24O4. The van der Waals surface area contributed by atoms with Gasteiger partial charge in [0.25, 0.3) is 0 Å². The molecule has 0 radical (unpaired) electrons. The second kappa shape index (κ2) is 9.40. The van der Waals surface area contributed by atoms with Crippen molar-refractivity contribution >= 4 is 0 Å². The van der Waals surface area contributed by atoms with Gasteiger partial charge in [-0.2, -0.15) is 0 Å². The molecule has 4 N–H and O–H groups in total. The molecule has 14 heavy (non-hydrogen) atoms. The smallest absolute Gasteiger partial charge is 0.0742 e. The zero-order chi connectivity index (χ0) is 11.6. The molecular weight excluding hydrogens is 184 g/mol. The Kier molecular flexibility index (Phi) is 10.9. The van der Waals surface area contributed by atoms with Crippen LogP contribution in [0.3, 0.4) is 0 Å². The summed E-state index contributed by atoms with van der Waals surface area (Å²) in [7, 11) is 0. The predicted octanol–water partition coefficient (Wildman–Crippen LogP) is 0.137. The van der Waals surface area contributed by atoms with Gasteiger partial charge in [-0.3, -0.25) is 0 Å². The highest BCUT2D eigenvalue weighted by Gasteiger charge is 2.23. The summed E-state index contributed by atoms with van der Waals surface area (Å²) in [5.41, 5.74) is -0.222. The summed E-state index contributed by atoms with van der Waals surface area (Å²) in [5, 5.41) is 33.6.